The van der Waals surface area contributed by atoms with Gasteiger partial charge in [0.05, 0.1) is 0 Å². The first-order valence-corrected chi connectivity index (χ1v) is 8.69. The Hall–Kier alpha value is -0.862. The molecule has 1 heterocycles. The van der Waals surface area contributed by atoms with Crippen molar-refractivity contribution in [3.63, 3.8) is 0 Å². The predicted octanol–water partition coefficient (Wildman–Crippen LogP) is 2.91. The second-order valence-corrected chi connectivity index (χ2v) is 7.89. The monoisotopic (exact) mass is 385 g/mol. The van der Waals surface area contributed by atoms with Crippen molar-refractivity contribution in [3.05, 3.63) is 23.2 Å². The molecule has 1 aromatic carbocycles. The van der Waals surface area contributed by atoms with Crippen molar-refractivity contribution in [1.82, 2.24) is 4.90 Å². The van der Waals surface area contributed by atoms with E-state index in [-0.39, 0.29) is 12.2 Å². The maximum atomic E-state index is 12.0. The summed E-state index contributed by atoms with van der Waals surface area (Å²) in [6.45, 7) is 6.90. The Morgan fingerprint density at radius 1 is 1.32 bits per heavy atom. The van der Waals surface area contributed by atoms with Gasteiger partial charge in [0.2, 0.25) is 0 Å². The van der Waals surface area contributed by atoms with Gasteiger partial charge in [-0.3, -0.25) is 0 Å². The van der Waals surface area contributed by atoms with Crippen LogP contribution in [0.3, 0.4) is 0 Å². The van der Waals surface area contributed by atoms with E-state index in [0.717, 1.165) is 17.2 Å². The Morgan fingerprint density at radius 2 is 1.95 bits per heavy atom. The number of rotatable bonds is 2. The Bertz CT molecular complexity index is 537. The molecular weight excluding hydrogens is 365 g/mol. The van der Waals surface area contributed by atoms with Gasteiger partial charge in [0.1, 0.15) is 0 Å². The van der Waals surface area contributed by atoms with E-state index in [0.29, 0.717) is 23.9 Å². The number of carbonyl (C=O) groups excluding carboxylic acids is 1. The molecule has 0 atom stereocenters. The van der Waals surface area contributed by atoms with E-state index in [1.54, 1.807) is 4.90 Å². The molecule has 0 spiro atoms. The fraction of sp³-hybridized carbons (Fsp3) is 0.562. The minimum atomic E-state index is -0.460. The molecule has 1 aliphatic rings. The number of carbonyl (C=O) groups is 1. The van der Waals surface area contributed by atoms with Gasteiger partial charge in [0.15, 0.2) is 0 Å². The summed E-state index contributed by atoms with van der Waals surface area (Å²) in [5.41, 5.74) is -0.460. The molecule has 1 aliphatic heterocycles. The van der Waals surface area contributed by atoms with Crippen molar-refractivity contribution < 1.29 is 14.3 Å². The van der Waals surface area contributed by atoms with Crippen molar-refractivity contribution in [2.24, 2.45) is 0 Å². The number of amides is 1. The molecule has 2 rings (SSSR count). The standard InChI is InChI=1S/C16H21AsClNO3/c1-16(2,3)22-15(20)19-8-6-12(7-9-19)21-14-5-4-11(17)10-13(14)18/h4-5,10,12H,6-9H2,1-3H3. The van der Waals surface area contributed by atoms with Crippen LogP contribution in [0.25, 0.3) is 0 Å². The van der Waals surface area contributed by atoms with Gasteiger partial charge in [-0.25, -0.2) is 0 Å². The molecule has 6 heteroatoms. The number of benzene rings is 1. The summed E-state index contributed by atoms with van der Waals surface area (Å²) >= 11 is 8.63. The first kappa shape index (κ1) is 17.5. The molecule has 1 aromatic rings. The fourth-order valence-corrected chi connectivity index (χ4v) is 3.07. The first-order valence-electron chi connectivity index (χ1n) is 7.38. The van der Waals surface area contributed by atoms with E-state index in [1.165, 1.54) is 0 Å². The number of piperidine rings is 1. The molecule has 22 heavy (non-hydrogen) atoms. The van der Waals surface area contributed by atoms with Gasteiger partial charge < -0.3 is 0 Å². The quantitative estimate of drug-likeness (QED) is 0.735. The molecule has 0 unspecified atom stereocenters. The van der Waals surface area contributed by atoms with Crippen LogP contribution < -0.4 is 9.09 Å². The zero-order chi connectivity index (χ0) is 16.3. The minimum absolute atomic E-state index is 0.0772. The number of halogens is 1. The molecule has 1 saturated heterocycles. The molecule has 0 aromatic heterocycles. The van der Waals surface area contributed by atoms with Gasteiger partial charge in [0.25, 0.3) is 0 Å². The molecular formula is C16H21AsClNO3. The van der Waals surface area contributed by atoms with Crippen LogP contribution in [0.2, 0.25) is 5.02 Å². The van der Waals surface area contributed by atoms with Gasteiger partial charge in [-0.2, -0.15) is 0 Å². The van der Waals surface area contributed by atoms with E-state index in [1.807, 2.05) is 39.0 Å². The summed E-state index contributed by atoms with van der Waals surface area (Å²) in [5, 5.41) is 0.618. The molecule has 0 aliphatic carbocycles. The first-order chi connectivity index (χ1) is 10.2. The Labute approximate surface area is 145 Å². The fourth-order valence-electron chi connectivity index (χ4n) is 2.25. The zero-order valence-electron chi connectivity index (χ0n) is 13.1. The molecule has 0 saturated carbocycles. The van der Waals surface area contributed by atoms with E-state index >= 15 is 0 Å². The Morgan fingerprint density at radius 3 is 2.50 bits per heavy atom. The molecule has 4 nitrogen and oxygen atoms in total. The normalized spacial score (nSPS) is 16.5. The van der Waals surface area contributed by atoms with Crippen LogP contribution in [0.1, 0.15) is 33.6 Å². The molecule has 1 fully saturated rings. The van der Waals surface area contributed by atoms with Crippen LogP contribution in [-0.2, 0) is 4.74 Å². The van der Waals surface area contributed by atoms with Crippen LogP contribution in [0, 0.1) is 0 Å². The van der Waals surface area contributed by atoms with Crippen molar-refractivity contribution in [2.45, 2.75) is 45.3 Å². The van der Waals surface area contributed by atoms with E-state index in [2.05, 4.69) is 16.9 Å². The van der Waals surface area contributed by atoms with Crippen molar-refractivity contribution >= 4 is 38.9 Å². The molecule has 0 bridgehead atoms. The summed E-state index contributed by atoms with van der Waals surface area (Å²) in [4.78, 5) is 13.7. The summed E-state index contributed by atoms with van der Waals surface area (Å²) < 4.78 is 12.4. The van der Waals surface area contributed by atoms with Crippen LogP contribution in [0.15, 0.2) is 18.2 Å². The second-order valence-electron chi connectivity index (χ2n) is 6.40. The second kappa shape index (κ2) is 7.14. The van der Waals surface area contributed by atoms with Crippen molar-refractivity contribution in [1.29, 1.82) is 0 Å². The molecule has 0 N–H and O–H groups in total. The van der Waals surface area contributed by atoms with Crippen molar-refractivity contribution in [2.75, 3.05) is 13.1 Å². The average Bonchev–Trinajstić information content (AvgIpc) is 2.41. The topological polar surface area (TPSA) is 38.8 Å². The maximum absolute atomic E-state index is 12.0. The zero-order valence-corrected chi connectivity index (χ0v) is 15.8. The summed E-state index contributed by atoms with van der Waals surface area (Å²) in [6.07, 6.45) is 1.38. The van der Waals surface area contributed by atoms with E-state index in [4.69, 9.17) is 21.1 Å². The summed E-state index contributed by atoms with van der Waals surface area (Å²) in [5.74, 6) is 0.701. The molecule has 1 amide bonds. The Balaban J connectivity index is 1.86. The third kappa shape index (κ3) is 5.10. The van der Waals surface area contributed by atoms with E-state index in [9.17, 15) is 4.79 Å². The number of ether oxygens (including phenoxy) is 2. The average molecular weight is 386 g/mol. The van der Waals surface area contributed by atoms with Crippen LogP contribution in [0.4, 0.5) is 4.79 Å². The van der Waals surface area contributed by atoms with Crippen LogP contribution >= 0.6 is 11.6 Å². The third-order valence-electron chi connectivity index (χ3n) is 3.30. The number of hydrogen-bond acceptors (Lipinski definition) is 3. The molecule has 2 radical (unpaired) electrons. The van der Waals surface area contributed by atoms with Crippen LogP contribution in [0.5, 0.6) is 5.75 Å². The van der Waals surface area contributed by atoms with Crippen molar-refractivity contribution in [3.8, 4) is 5.75 Å². The number of hydrogen-bond donors (Lipinski definition) is 0. The third-order valence-corrected chi connectivity index (χ3v) is 4.18. The van der Waals surface area contributed by atoms with Crippen LogP contribution in [-0.4, -0.2) is 52.6 Å². The summed E-state index contributed by atoms with van der Waals surface area (Å²) in [7, 11) is 0. The van der Waals surface area contributed by atoms with Gasteiger partial charge >= 0.3 is 125 Å². The predicted molar refractivity (Wildman–Crippen MR) is 88.3 cm³/mol. The van der Waals surface area contributed by atoms with Gasteiger partial charge in [-0.1, -0.05) is 0 Å². The Kier molecular flexibility index (Phi) is 5.68. The molecule has 120 valence electrons. The van der Waals surface area contributed by atoms with Gasteiger partial charge in [-0.15, -0.1) is 0 Å². The van der Waals surface area contributed by atoms with Gasteiger partial charge in [0, 0.05) is 0 Å². The van der Waals surface area contributed by atoms with E-state index < -0.39 is 5.60 Å². The number of likely N-dealkylation sites (tertiary alicyclic amines) is 1. The van der Waals surface area contributed by atoms with Gasteiger partial charge in [-0.05, 0) is 20.8 Å². The summed E-state index contributed by atoms with van der Waals surface area (Å²) in [6, 6.07) is 5.71. The SMILES string of the molecule is CC(C)(C)OC(=O)N1CCC(Oc2ccc([As])cc2Cl)CC1. The number of nitrogens with zero attached hydrogens (tertiary/aromatic N) is 1.